The first-order chi connectivity index (χ1) is 11.5. The Morgan fingerprint density at radius 2 is 2.00 bits per heavy atom. The molecule has 1 aliphatic rings. The Kier molecular flexibility index (Phi) is 4.22. The zero-order chi connectivity index (χ0) is 17.3. The molecule has 0 radical (unpaired) electrons. The number of aldehydes is 1. The van der Waals surface area contributed by atoms with Crippen molar-refractivity contribution < 1.29 is 13.9 Å². The van der Waals surface area contributed by atoms with Crippen LogP contribution in [-0.2, 0) is 0 Å². The molecule has 1 aromatic carbocycles. The van der Waals surface area contributed by atoms with Gasteiger partial charge in [0.2, 0.25) is 0 Å². The van der Waals surface area contributed by atoms with Crippen LogP contribution < -0.4 is 4.74 Å². The summed E-state index contributed by atoms with van der Waals surface area (Å²) in [6.45, 7) is 4.29. The van der Waals surface area contributed by atoms with Crippen LogP contribution in [0.15, 0.2) is 36.4 Å². The highest BCUT2D eigenvalue weighted by molar-refractivity contribution is 5.85. The smallest absolute Gasteiger partial charge is 0.168 e. The maximum Gasteiger partial charge on any atom is 0.168 e. The van der Waals surface area contributed by atoms with Gasteiger partial charge in [0.1, 0.15) is 17.3 Å². The van der Waals surface area contributed by atoms with E-state index in [1.54, 1.807) is 31.4 Å². The highest BCUT2D eigenvalue weighted by Gasteiger charge is 2.31. The van der Waals surface area contributed by atoms with Crippen LogP contribution in [0, 0.1) is 11.2 Å². The van der Waals surface area contributed by atoms with Crippen LogP contribution in [0.2, 0.25) is 0 Å². The average Bonchev–Trinajstić information content (AvgIpc) is 2.94. The van der Waals surface area contributed by atoms with Crippen molar-refractivity contribution in [2.75, 3.05) is 7.11 Å². The second kappa shape index (κ2) is 6.19. The van der Waals surface area contributed by atoms with Crippen LogP contribution in [0.5, 0.6) is 5.75 Å². The summed E-state index contributed by atoms with van der Waals surface area (Å²) in [5.74, 6) is 0.241. The Labute approximate surface area is 141 Å². The van der Waals surface area contributed by atoms with E-state index < -0.39 is 0 Å². The molecule has 0 spiro atoms. The predicted molar refractivity (Wildman–Crippen MR) is 92.6 cm³/mol. The van der Waals surface area contributed by atoms with Crippen LogP contribution in [0.3, 0.4) is 0 Å². The third kappa shape index (κ3) is 2.84. The van der Waals surface area contributed by atoms with Crippen molar-refractivity contribution in [1.82, 2.24) is 4.98 Å². The fourth-order valence-electron chi connectivity index (χ4n) is 3.21. The molecule has 1 aliphatic carbocycles. The van der Waals surface area contributed by atoms with Crippen molar-refractivity contribution in [1.29, 1.82) is 0 Å². The second-order valence-electron chi connectivity index (χ2n) is 6.64. The van der Waals surface area contributed by atoms with Crippen LogP contribution in [0.4, 0.5) is 4.39 Å². The first-order valence-corrected chi connectivity index (χ1v) is 7.97. The Morgan fingerprint density at radius 3 is 2.62 bits per heavy atom. The second-order valence-corrected chi connectivity index (χ2v) is 6.64. The van der Waals surface area contributed by atoms with Gasteiger partial charge < -0.3 is 4.74 Å². The Balaban J connectivity index is 2.24. The third-order valence-corrected chi connectivity index (χ3v) is 4.60. The number of hydrogen-bond acceptors (Lipinski definition) is 3. The van der Waals surface area contributed by atoms with E-state index in [-0.39, 0.29) is 11.2 Å². The molecule has 3 rings (SSSR count). The Hall–Kier alpha value is -2.49. The minimum absolute atomic E-state index is 0.0569. The van der Waals surface area contributed by atoms with Gasteiger partial charge in [0.15, 0.2) is 6.29 Å². The first kappa shape index (κ1) is 16.4. The van der Waals surface area contributed by atoms with Crippen molar-refractivity contribution in [3.8, 4) is 16.9 Å². The molecular weight excluding hydrogens is 305 g/mol. The molecule has 0 amide bonds. The highest BCUT2D eigenvalue weighted by Crippen LogP contribution is 2.46. The molecule has 0 aliphatic heterocycles. The number of hydrogen-bond donors (Lipinski definition) is 0. The summed E-state index contributed by atoms with van der Waals surface area (Å²) in [6.07, 6.45) is 4.82. The van der Waals surface area contributed by atoms with Gasteiger partial charge in [-0.25, -0.2) is 9.37 Å². The zero-order valence-electron chi connectivity index (χ0n) is 14.1. The number of aromatic nitrogens is 1. The molecule has 0 unspecified atom stereocenters. The summed E-state index contributed by atoms with van der Waals surface area (Å²) < 4.78 is 19.7. The number of halogens is 1. The average molecular weight is 325 g/mol. The first-order valence-electron chi connectivity index (χ1n) is 7.97. The topological polar surface area (TPSA) is 39.2 Å². The molecule has 0 bridgehead atoms. The van der Waals surface area contributed by atoms with Crippen LogP contribution >= 0.6 is 0 Å². The number of carbonyl (C=O) groups excluding carboxylic acids is 1. The van der Waals surface area contributed by atoms with Gasteiger partial charge in [-0.2, -0.15) is 0 Å². The summed E-state index contributed by atoms with van der Waals surface area (Å²) in [5.41, 5.74) is 3.13. The van der Waals surface area contributed by atoms with E-state index in [1.165, 1.54) is 6.07 Å². The summed E-state index contributed by atoms with van der Waals surface area (Å²) in [6, 6.07) is 8.02. The number of carbonyl (C=O) groups is 1. The minimum atomic E-state index is -0.339. The highest BCUT2D eigenvalue weighted by atomic mass is 19.1. The molecule has 1 heterocycles. The van der Waals surface area contributed by atoms with E-state index >= 15 is 0 Å². The van der Waals surface area contributed by atoms with Gasteiger partial charge in [0, 0.05) is 11.1 Å². The van der Waals surface area contributed by atoms with Crippen molar-refractivity contribution in [3.63, 3.8) is 0 Å². The van der Waals surface area contributed by atoms with E-state index in [1.807, 2.05) is 0 Å². The lowest BCUT2D eigenvalue weighted by molar-refractivity contribution is 0.111. The Morgan fingerprint density at radius 1 is 1.21 bits per heavy atom. The zero-order valence-corrected chi connectivity index (χ0v) is 14.1. The number of ether oxygens (including phenoxy) is 1. The predicted octanol–water partition coefficient (Wildman–Crippen LogP) is 4.91. The number of benzene rings is 1. The summed E-state index contributed by atoms with van der Waals surface area (Å²) in [7, 11) is 1.55. The van der Waals surface area contributed by atoms with Gasteiger partial charge in [0.25, 0.3) is 0 Å². The number of nitrogens with zero attached hydrogens (tertiary/aromatic N) is 1. The third-order valence-electron chi connectivity index (χ3n) is 4.60. The molecule has 124 valence electrons. The van der Waals surface area contributed by atoms with Gasteiger partial charge in [-0.3, -0.25) is 4.79 Å². The quantitative estimate of drug-likeness (QED) is 0.750. The SMILES string of the molecule is COc1ccc(F)c(-c2ccc(C=O)nc2C2=CCCC2(C)C)c1. The fourth-order valence-corrected chi connectivity index (χ4v) is 3.21. The molecule has 0 saturated heterocycles. The molecule has 0 fully saturated rings. The van der Waals surface area contributed by atoms with E-state index in [0.29, 0.717) is 28.3 Å². The van der Waals surface area contributed by atoms with Gasteiger partial charge in [-0.1, -0.05) is 19.9 Å². The number of methoxy groups -OCH3 is 1. The summed E-state index contributed by atoms with van der Waals surface area (Å²) in [5, 5.41) is 0. The number of rotatable bonds is 4. The van der Waals surface area contributed by atoms with E-state index in [0.717, 1.165) is 24.7 Å². The number of pyridine rings is 1. The maximum atomic E-state index is 14.5. The molecule has 24 heavy (non-hydrogen) atoms. The van der Waals surface area contributed by atoms with Crippen molar-refractivity contribution in [2.24, 2.45) is 5.41 Å². The van der Waals surface area contributed by atoms with Crippen LogP contribution in [0.25, 0.3) is 16.7 Å². The van der Waals surface area contributed by atoms with Crippen molar-refractivity contribution >= 4 is 11.9 Å². The maximum absolute atomic E-state index is 14.5. The van der Waals surface area contributed by atoms with Gasteiger partial charge in [-0.05, 0) is 54.2 Å². The lowest BCUT2D eigenvalue weighted by Gasteiger charge is -2.24. The Bertz CT molecular complexity index is 824. The molecule has 4 heteroatoms. The number of allylic oxidation sites excluding steroid dienone is 2. The minimum Gasteiger partial charge on any atom is -0.497 e. The van der Waals surface area contributed by atoms with E-state index in [9.17, 15) is 9.18 Å². The van der Waals surface area contributed by atoms with Crippen molar-refractivity contribution in [2.45, 2.75) is 26.7 Å². The monoisotopic (exact) mass is 325 g/mol. The lowest BCUT2D eigenvalue weighted by Crippen LogP contribution is -2.12. The molecule has 0 atom stereocenters. The fraction of sp³-hybridized carbons (Fsp3) is 0.300. The van der Waals surface area contributed by atoms with Gasteiger partial charge in [-0.15, -0.1) is 0 Å². The largest absolute Gasteiger partial charge is 0.497 e. The molecule has 0 saturated carbocycles. The van der Waals surface area contributed by atoms with E-state index in [2.05, 4.69) is 24.9 Å². The normalized spacial score (nSPS) is 15.9. The summed E-state index contributed by atoms with van der Waals surface area (Å²) >= 11 is 0. The lowest BCUT2D eigenvalue weighted by atomic mass is 9.82. The molecule has 2 aromatic rings. The molecule has 1 aromatic heterocycles. The van der Waals surface area contributed by atoms with Gasteiger partial charge in [0.05, 0.1) is 12.8 Å². The van der Waals surface area contributed by atoms with E-state index in [4.69, 9.17) is 4.74 Å². The summed E-state index contributed by atoms with van der Waals surface area (Å²) in [4.78, 5) is 15.7. The molecular formula is C20H20FNO2. The molecule has 0 N–H and O–H groups in total. The molecule has 3 nitrogen and oxygen atoms in total. The van der Waals surface area contributed by atoms with Crippen LogP contribution in [0.1, 0.15) is 42.9 Å². The standard InChI is InChI=1S/C20H20FNO2/c1-20(2)10-4-5-17(20)19-15(8-6-13(12-23)22-19)16-11-14(24-3)7-9-18(16)21/h5-9,11-12H,4,10H2,1-3H3. The van der Waals surface area contributed by atoms with Crippen LogP contribution in [-0.4, -0.2) is 18.4 Å². The van der Waals surface area contributed by atoms with Gasteiger partial charge >= 0.3 is 0 Å². The van der Waals surface area contributed by atoms with Crippen molar-refractivity contribution in [3.05, 3.63) is 53.6 Å².